The highest BCUT2D eigenvalue weighted by molar-refractivity contribution is 9.10. The number of halogens is 1. The van der Waals surface area contributed by atoms with Crippen LogP contribution in [-0.2, 0) is 42.8 Å². The molecule has 8 fully saturated rings. The van der Waals surface area contributed by atoms with Gasteiger partial charge in [0.25, 0.3) is 0 Å². The van der Waals surface area contributed by atoms with Gasteiger partial charge in [0.15, 0.2) is 5.60 Å². The average Bonchev–Trinajstić information content (AvgIpc) is 4.00. The van der Waals surface area contributed by atoms with E-state index in [1.165, 1.54) is 20.8 Å². The van der Waals surface area contributed by atoms with E-state index >= 15 is 0 Å². The molecule has 3 heterocycles. The Bertz CT molecular complexity index is 1840. The van der Waals surface area contributed by atoms with E-state index in [9.17, 15) is 34.5 Å². The first-order valence-electron chi connectivity index (χ1n) is 18.9. The highest BCUT2D eigenvalue weighted by Crippen LogP contribution is 2.80. The number of carbonyl (C=O) groups excluding carboxylic acids is 4. The number of epoxide rings is 2. The standard InChI is InChI=1S/C39H48BrNO13/c1-13-21-24(37(6)38(7,48)34(47)54-39(37)31(13)53-39)26(44)22-20-23(29(49-14(2)42)32(36(21,22)5)50-15(3)43)35(4)18(12-19-27(51-19)30(35)45)25(41)28(20)52-33(46)16-8-10-17(40)11-9-16/h8-11,13,18-32,44-45,48H,12,41H2,1-7H3/t13-,18+,19-,20?,21-,22+,23?,24-,25-,26+,27-,28+,29-,30-,31+,32-,35-,36+,37-,38+,39-/m0/s1. The van der Waals surface area contributed by atoms with Gasteiger partial charge in [-0.15, -0.1) is 0 Å². The van der Waals surface area contributed by atoms with Gasteiger partial charge < -0.3 is 49.5 Å². The molecular formula is C39H48BrNO13. The lowest BCUT2D eigenvalue weighted by Gasteiger charge is -2.67. The van der Waals surface area contributed by atoms with Gasteiger partial charge in [0.1, 0.15) is 30.5 Å². The van der Waals surface area contributed by atoms with Crippen LogP contribution in [0.2, 0.25) is 0 Å². The second-order valence-corrected chi connectivity index (χ2v) is 19.0. The number of ether oxygens (including phenoxy) is 6. The Labute approximate surface area is 320 Å². The largest absolute Gasteiger partial charge is 0.458 e. The van der Waals surface area contributed by atoms with Crippen molar-refractivity contribution in [2.75, 3.05) is 0 Å². The van der Waals surface area contributed by atoms with Crippen LogP contribution >= 0.6 is 15.9 Å². The number of aliphatic hydroxyl groups is 3. The summed E-state index contributed by atoms with van der Waals surface area (Å²) in [6.07, 6.45) is -7.02. The van der Waals surface area contributed by atoms with Crippen molar-refractivity contribution < 1.29 is 62.9 Å². The number of benzene rings is 1. The molecule has 1 aromatic rings. The minimum absolute atomic E-state index is 0.260. The summed E-state index contributed by atoms with van der Waals surface area (Å²) in [6, 6.07) is 5.78. The van der Waals surface area contributed by atoms with Crippen LogP contribution in [0, 0.1) is 57.7 Å². The summed E-state index contributed by atoms with van der Waals surface area (Å²) in [5.74, 6) is -9.59. The molecule has 5 aliphatic carbocycles. The van der Waals surface area contributed by atoms with Gasteiger partial charge in [-0.05, 0) is 62.3 Å². The molecule has 15 heteroatoms. The summed E-state index contributed by atoms with van der Waals surface area (Å²) in [4.78, 5) is 54.1. The number of esters is 4. The van der Waals surface area contributed by atoms with Crippen LogP contribution in [0.25, 0.3) is 0 Å². The topological polar surface area (TPSA) is 217 Å². The SMILES string of the molecule is CC(=O)O[C@H]1C2C([C@@H](OC(=O)c3ccc(Br)cc3)[C@@H](N)[C@H]3C[C@@H]4O[C@@H]4[C@H](O)[C@]23C)[C@@H]2[C@@H](O)[C@@H]3[C@H]([C@H](C)[C@H]4O[C@]45OC(=O)[C@@](C)(O)[C@]35C)[C@@]2(C)[C@H]1OC(C)=O. The minimum Gasteiger partial charge on any atom is -0.458 e. The second-order valence-electron chi connectivity index (χ2n) is 18.1. The van der Waals surface area contributed by atoms with Gasteiger partial charge in [0.05, 0.1) is 29.3 Å². The minimum atomic E-state index is -2.10. The Morgan fingerprint density at radius 3 is 2.19 bits per heavy atom. The molecular weight excluding hydrogens is 770 g/mol. The first-order valence-corrected chi connectivity index (χ1v) is 19.7. The molecule has 1 aromatic carbocycles. The Morgan fingerprint density at radius 2 is 1.56 bits per heavy atom. The summed E-state index contributed by atoms with van der Waals surface area (Å²) in [5.41, 5.74) is 1.50. The van der Waals surface area contributed by atoms with Gasteiger partial charge in [0.2, 0.25) is 5.79 Å². The van der Waals surface area contributed by atoms with E-state index in [1.54, 1.807) is 31.2 Å². The zero-order valence-corrected chi connectivity index (χ0v) is 32.7. The number of nitrogens with two attached hydrogens (primary N) is 1. The Morgan fingerprint density at radius 1 is 0.907 bits per heavy atom. The molecule has 8 aliphatic rings. The molecule has 21 atom stereocenters. The molecule has 0 radical (unpaired) electrons. The Kier molecular flexibility index (Phi) is 7.70. The van der Waals surface area contributed by atoms with Gasteiger partial charge in [-0.2, -0.15) is 0 Å². The van der Waals surface area contributed by atoms with Crippen molar-refractivity contribution in [3.8, 4) is 0 Å². The maximum atomic E-state index is 14.1. The number of carbonyl (C=O) groups is 4. The quantitative estimate of drug-likeness (QED) is 0.194. The molecule has 0 aromatic heterocycles. The third kappa shape index (κ3) is 4.22. The average molecular weight is 819 g/mol. The lowest BCUT2D eigenvalue weighted by Crippen LogP contribution is -2.76. The van der Waals surface area contributed by atoms with Crippen molar-refractivity contribution >= 4 is 39.8 Å². The number of rotatable bonds is 4. The van der Waals surface area contributed by atoms with E-state index in [2.05, 4.69) is 15.9 Å². The summed E-state index contributed by atoms with van der Waals surface area (Å²) in [5, 5.41) is 37.5. The monoisotopic (exact) mass is 817 g/mol. The van der Waals surface area contributed by atoms with Gasteiger partial charge in [-0.1, -0.05) is 36.7 Å². The molecule has 9 rings (SSSR count). The third-order valence-electron chi connectivity index (χ3n) is 16.1. The summed E-state index contributed by atoms with van der Waals surface area (Å²) < 4.78 is 38.0. The van der Waals surface area contributed by atoms with Crippen molar-refractivity contribution in [1.82, 2.24) is 0 Å². The van der Waals surface area contributed by atoms with Crippen molar-refractivity contribution in [2.45, 2.75) is 121 Å². The van der Waals surface area contributed by atoms with E-state index in [0.29, 0.717) is 6.42 Å². The second kappa shape index (κ2) is 11.3. The normalized spacial score (nSPS) is 55.6. The predicted molar refractivity (Wildman–Crippen MR) is 186 cm³/mol. The summed E-state index contributed by atoms with van der Waals surface area (Å²) in [7, 11) is 0. The number of fused-ring (bicyclic) bond motifs is 9. The zero-order chi connectivity index (χ0) is 39.0. The smallest absolute Gasteiger partial charge is 0.341 e. The fourth-order valence-electron chi connectivity index (χ4n) is 13.8. The van der Waals surface area contributed by atoms with Crippen LogP contribution in [0.1, 0.15) is 65.2 Å². The Hall–Kier alpha value is -2.66. The predicted octanol–water partition coefficient (Wildman–Crippen LogP) is 1.87. The number of aliphatic hydroxyl groups excluding tert-OH is 2. The van der Waals surface area contributed by atoms with Crippen LogP contribution in [0.15, 0.2) is 28.7 Å². The number of hydrogen-bond donors (Lipinski definition) is 4. The molecule has 5 N–H and O–H groups in total. The zero-order valence-electron chi connectivity index (χ0n) is 31.1. The fourth-order valence-corrected chi connectivity index (χ4v) is 14.0. The number of hydrogen-bond acceptors (Lipinski definition) is 14. The lowest BCUT2D eigenvalue weighted by molar-refractivity contribution is -0.283. The molecule has 3 saturated heterocycles. The van der Waals surface area contributed by atoms with Crippen molar-refractivity contribution in [2.24, 2.45) is 63.4 Å². The first kappa shape index (κ1) is 36.9. The molecule has 0 bridgehead atoms. The Balaban J connectivity index is 1.29. The van der Waals surface area contributed by atoms with Gasteiger partial charge >= 0.3 is 23.9 Å². The summed E-state index contributed by atoms with van der Waals surface area (Å²) >= 11 is 3.41. The van der Waals surface area contributed by atoms with Crippen LogP contribution in [0.4, 0.5) is 0 Å². The fraction of sp³-hybridized carbons (Fsp3) is 0.744. The van der Waals surface area contributed by atoms with Crippen molar-refractivity contribution in [1.29, 1.82) is 0 Å². The maximum Gasteiger partial charge on any atom is 0.341 e. The highest BCUT2D eigenvalue weighted by Gasteiger charge is 2.93. The maximum absolute atomic E-state index is 14.1. The molecule has 14 nitrogen and oxygen atoms in total. The van der Waals surface area contributed by atoms with E-state index in [-0.39, 0.29) is 11.7 Å². The highest BCUT2D eigenvalue weighted by atomic mass is 79.9. The molecule has 3 aliphatic heterocycles. The molecule has 294 valence electrons. The summed E-state index contributed by atoms with van der Waals surface area (Å²) in [6.45, 7) is 11.2. The van der Waals surface area contributed by atoms with E-state index in [4.69, 9.17) is 34.2 Å². The van der Waals surface area contributed by atoms with Crippen molar-refractivity contribution in [3.63, 3.8) is 0 Å². The van der Waals surface area contributed by atoms with E-state index in [0.717, 1.165) is 4.47 Å². The van der Waals surface area contributed by atoms with Crippen LogP contribution < -0.4 is 5.73 Å². The molecule has 54 heavy (non-hydrogen) atoms. The van der Waals surface area contributed by atoms with Crippen LogP contribution in [-0.4, -0.2) is 105 Å². The molecule has 0 amide bonds. The van der Waals surface area contributed by atoms with Crippen LogP contribution in [0.3, 0.4) is 0 Å². The molecule has 1 spiro atoms. The van der Waals surface area contributed by atoms with Gasteiger partial charge in [0, 0.05) is 58.9 Å². The van der Waals surface area contributed by atoms with E-state index in [1.807, 2.05) is 20.8 Å². The van der Waals surface area contributed by atoms with Gasteiger partial charge in [-0.25, -0.2) is 9.59 Å². The van der Waals surface area contributed by atoms with E-state index < -0.39 is 142 Å². The molecule has 5 saturated carbocycles. The van der Waals surface area contributed by atoms with Gasteiger partial charge in [-0.3, -0.25) is 9.59 Å². The van der Waals surface area contributed by atoms with Crippen LogP contribution in [0.5, 0.6) is 0 Å². The molecule has 2 unspecified atom stereocenters. The third-order valence-corrected chi connectivity index (χ3v) is 16.6. The van der Waals surface area contributed by atoms with Crippen molar-refractivity contribution in [3.05, 3.63) is 34.3 Å². The lowest BCUT2D eigenvalue weighted by atomic mass is 9.40. The first-order chi connectivity index (χ1) is 25.2.